The highest BCUT2D eigenvalue weighted by Gasteiger charge is 2.17. The second-order valence-electron chi connectivity index (χ2n) is 5.22. The molecule has 0 saturated heterocycles. The van der Waals surface area contributed by atoms with Gasteiger partial charge in [0.15, 0.2) is 0 Å². The average Bonchev–Trinajstić information content (AvgIpc) is 2.32. The second-order valence-corrected chi connectivity index (χ2v) is 5.22. The summed E-state index contributed by atoms with van der Waals surface area (Å²) in [6.07, 6.45) is 8.06. The van der Waals surface area contributed by atoms with Gasteiger partial charge in [0.2, 0.25) is 0 Å². The van der Waals surface area contributed by atoms with Crippen molar-refractivity contribution >= 4 is 5.91 Å². The van der Waals surface area contributed by atoms with Crippen molar-refractivity contribution in [1.82, 2.24) is 5.32 Å². The van der Waals surface area contributed by atoms with Crippen LogP contribution in [0.2, 0.25) is 0 Å². The third-order valence-electron chi connectivity index (χ3n) is 3.67. The van der Waals surface area contributed by atoms with Gasteiger partial charge in [0.1, 0.15) is 11.5 Å². The number of phenols is 2. The molecule has 1 saturated carbocycles. The van der Waals surface area contributed by atoms with Crippen molar-refractivity contribution in [3.63, 3.8) is 0 Å². The first-order valence-electron chi connectivity index (χ1n) is 6.99. The Morgan fingerprint density at radius 3 is 2.32 bits per heavy atom. The van der Waals surface area contributed by atoms with Gasteiger partial charge >= 0.3 is 0 Å². The van der Waals surface area contributed by atoms with Gasteiger partial charge in [-0.2, -0.15) is 0 Å². The minimum absolute atomic E-state index is 0.0417. The van der Waals surface area contributed by atoms with Gasteiger partial charge in [0.05, 0.1) is 5.56 Å². The lowest BCUT2D eigenvalue weighted by Gasteiger charge is -2.21. The molecule has 0 atom stereocenters. The molecular formula is C15H21NO3. The van der Waals surface area contributed by atoms with E-state index in [1.165, 1.54) is 37.5 Å². The van der Waals surface area contributed by atoms with Crippen molar-refractivity contribution in [2.45, 2.75) is 51.0 Å². The maximum atomic E-state index is 12.1. The molecule has 0 aromatic heterocycles. The molecule has 1 fully saturated rings. The summed E-state index contributed by atoms with van der Waals surface area (Å²) in [6.45, 7) is 0. The highest BCUT2D eigenvalue weighted by molar-refractivity contribution is 5.97. The number of amides is 1. The van der Waals surface area contributed by atoms with Gasteiger partial charge in [0.25, 0.3) is 5.91 Å². The zero-order valence-corrected chi connectivity index (χ0v) is 11.1. The van der Waals surface area contributed by atoms with Crippen LogP contribution in [0.1, 0.15) is 55.3 Å². The Morgan fingerprint density at radius 2 is 1.68 bits per heavy atom. The molecule has 0 aliphatic heterocycles. The Hall–Kier alpha value is -1.71. The zero-order valence-electron chi connectivity index (χ0n) is 11.1. The summed E-state index contributed by atoms with van der Waals surface area (Å²) in [6, 6.07) is 4.24. The molecule has 1 aliphatic rings. The topological polar surface area (TPSA) is 69.6 Å². The molecule has 3 N–H and O–H groups in total. The normalized spacial score (nSPS) is 17.5. The molecule has 4 nitrogen and oxygen atoms in total. The number of benzene rings is 1. The first kappa shape index (κ1) is 13.7. The number of nitrogens with one attached hydrogen (secondary N) is 1. The number of rotatable bonds is 2. The Kier molecular flexibility index (Phi) is 4.66. The molecule has 19 heavy (non-hydrogen) atoms. The standard InChI is InChI=1S/C15H21NO3/c17-12-8-9-13(14(18)10-12)15(19)16-11-6-4-2-1-3-5-7-11/h8-11,17-18H,1-7H2,(H,16,19). The first-order chi connectivity index (χ1) is 9.16. The summed E-state index contributed by atoms with van der Waals surface area (Å²) < 4.78 is 0. The monoisotopic (exact) mass is 263 g/mol. The van der Waals surface area contributed by atoms with E-state index < -0.39 is 0 Å². The minimum Gasteiger partial charge on any atom is -0.508 e. The summed E-state index contributed by atoms with van der Waals surface area (Å²) >= 11 is 0. The van der Waals surface area contributed by atoms with Crippen LogP contribution in [-0.2, 0) is 0 Å². The maximum Gasteiger partial charge on any atom is 0.255 e. The van der Waals surface area contributed by atoms with Crippen LogP contribution in [0.15, 0.2) is 18.2 Å². The third kappa shape index (κ3) is 3.88. The molecule has 0 heterocycles. The second kappa shape index (κ2) is 6.45. The van der Waals surface area contributed by atoms with E-state index in [0.29, 0.717) is 0 Å². The summed E-state index contributed by atoms with van der Waals surface area (Å²) in [5.74, 6) is -0.480. The lowest BCUT2D eigenvalue weighted by molar-refractivity contribution is 0.0928. The van der Waals surface area contributed by atoms with Crippen molar-refractivity contribution in [2.24, 2.45) is 0 Å². The Labute approximate surface area is 113 Å². The van der Waals surface area contributed by atoms with Gasteiger partial charge in [-0.05, 0) is 25.0 Å². The molecule has 0 spiro atoms. The molecular weight excluding hydrogens is 242 g/mol. The number of hydrogen-bond donors (Lipinski definition) is 3. The number of phenolic OH excluding ortho intramolecular Hbond substituents is 2. The summed E-state index contributed by atoms with van der Waals surface area (Å²) in [5.41, 5.74) is 0.222. The Balaban J connectivity index is 1.99. The van der Waals surface area contributed by atoms with E-state index in [1.807, 2.05) is 0 Å². The molecule has 4 heteroatoms. The first-order valence-corrected chi connectivity index (χ1v) is 6.99. The molecule has 0 radical (unpaired) electrons. The van der Waals surface area contributed by atoms with Gasteiger partial charge in [-0.25, -0.2) is 0 Å². The lowest BCUT2D eigenvalue weighted by Crippen LogP contribution is -2.35. The lowest BCUT2D eigenvalue weighted by atomic mass is 9.96. The fraction of sp³-hybridized carbons (Fsp3) is 0.533. The fourth-order valence-electron chi connectivity index (χ4n) is 2.58. The highest BCUT2D eigenvalue weighted by Crippen LogP contribution is 2.23. The Bertz CT molecular complexity index is 437. The van der Waals surface area contributed by atoms with Crippen LogP contribution >= 0.6 is 0 Å². The predicted molar refractivity (Wildman–Crippen MR) is 73.3 cm³/mol. The van der Waals surface area contributed by atoms with E-state index in [-0.39, 0.29) is 29.0 Å². The van der Waals surface area contributed by atoms with Crippen LogP contribution in [0, 0.1) is 0 Å². The van der Waals surface area contributed by atoms with E-state index in [1.54, 1.807) is 0 Å². The van der Waals surface area contributed by atoms with Crippen molar-refractivity contribution in [3.05, 3.63) is 23.8 Å². The van der Waals surface area contributed by atoms with Crippen molar-refractivity contribution in [1.29, 1.82) is 0 Å². The van der Waals surface area contributed by atoms with Gasteiger partial charge in [0, 0.05) is 12.1 Å². The van der Waals surface area contributed by atoms with Crippen molar-refractivity contribution in [2.75, 3.05) is 0 Å². The van der Waals surface area contributed by atoms with Crippen molar-refractivity contribution < 1.29 is 15.0 Å². The predicted octanol–water partition coefficient (Wildman–Crippen LogP) is 2.94. The highest BCUT2D eigenvalue weighted by atomic mass is 16.3. The molecule has 1 aromatic rings. The molecule has 1 aliphatic carbocycles. The Morgan fingerprint density at radius 1 is 1.05 bits per heavy atom. The van der Waals surface area contributed by atoms with Crippen LogP contribution in [0.5, 0.6) is 11.5 Å². The number of hydrogen-bond acceptors (Lipinski definition) is 3. The van der Waals surface area contributed by atoms with Crippen LogP contribution < -0.4 is 5.32 Å². The van der Waals surface area contributed by atoms with Crippen LogP contribution in [0.4, 0.5) is 0 Å². The summed E-state index contributed by atoms with van der Waals surface area (Å²) in [5, 5.41) is 21.9. The van der Waals surface area contributed by atoms with Gasteiger partial charge in [-0.15, -0.1) is 0 Å². The third-order valence-corrected chi connectivity index (χ3v) is 3.67. The van der Waals surface area contributed by atoms with Crippen LogP contribution in [0.25, 0.3) is 0 Å². The van der Waals surface area contributed by atoms with Crippen molar-refractivity contribution in [3.8, 4) is 11.5 Å². The molecule has 0 unspecified atom stereocenters. The molecule has 0 bridgehead atoms. The average molecular weight is 263 g/mol. The molecule has 1 amide bonds. The fourth-order valence-corrected chi connectivity index (χ4v) is 2.58. The largest absolute Gasteiger partial charge is 0.508 e. The van der Waals surface area contributed by atoms with Gasteiger partial charge in [-0.3, -0.25) is 4.79 Å². The quantitative estimate of drug-likeness (QED) is 0.768. The molecule has 2 rings (SSSR count). The van der Waals surface area contributed by atoms with Crippen LogP contribution in [-0.4, -0.2) is 22.2 Å². The van der Waals surface area contributed by atoms with E-state index in [2.05, 4.69) is 5.32 Å². The van der Waals surface area contributed by atoms with E-state index in [0.717, 1.165) is 25.7 Å². The van der Waals surface area contributed by atoms with Crippen LogP contribution in [0.3, 0.4) is 0 Å². The number of carbonyl (C=O) groups excluding carboxylic acids is 1. The van der Waals surface area contributed by atoms with Gasteiger partial charge < -0.3 is 15.5 Å². The van der Waals surface area contributed by atoms with E-state index >= 15 is 0 Å². The zero-order chi connectivity index (χ0) is 13.7. The number of aromatic hydroxyl groups is 2. The summed E-state index contributed by atoms with van der Waals surface area (Å²) in [7, 11) is 0. The summed E-state index contributed by atoms with van der Waals surface area (Å²) in [4.78, 5) is 12.1. The maximum absolute atomic E-state index is 12.1. The van der Waals surface area contributed by atoms with Gasteiger partial charge in [-0.1, -0.05) is 32.1 Å². The number of carbonyl (C=O) groups is 1. The van der Waals surface area contributed by atoms with E-state index in [9.17, 15) is 15.0 Å². The SMILES string of the molecule is O=C(NC1CCCCCCC1)c1ccc(O)cc1O. The molecule has 1 aromatic carbocycles. The minimum atomic E-state index is -0.261. The van der Waals surface area contributed by atoms with E-state index in [4.69, 9.17) is 0 Å². The smallest absolute Gasteiger partial charge is 0.255 e. The molecule has 104 valence electrons.